The van der Waals surface area contributed by atoms with Crippen molar-refractivity contribution in [3.05, 3.63) is 202 Å². The van der Waals surface area contributed by atoms with Gasteiger partial charge in [-0.25, -0.2) is 0 Å². The number of benzene rings is 7. The summed E-state index contributed by atoms with van der Waals surface area (Å²) in [5.41, 5.74) is 9.65. The van der Waals surface area contributed by atoms with E-state index in [-0.39, 0.29) is 24.1 Å². The molecule has 0 saturated heterocycles. The first-order valence-corrected chi connectivity index (χ1v) is 21.5. The molecule has 0 fully saturated rings. The Morgan fingerprint density at radius 2 is 1.03 bits per heavy atom. The molecule has 0 spiro atoms. The quantitative estimate of drug-likeness (QED) is 0.135. The van der Waals surface area contributed by atoms with Crippen LogP contribution in [-0.2, 0) is 12.8 Å². The number of nitrogens with one attached hydrogen (secondary N) is 2. The molecule has 2 heterocycles. The lowest BCUT2D eigenvalue weighted by Gasteiger charge is -2.38. The van der Waals surface area contributed by atoms with Gasteiger partial charge in [0.2, 0.25) is 0 Å². The summed E-state index contributed by atoms with van der Waals surface area (Å²) in [5, 5.41) is 9.53. The highest BCUT2D eigenvalue weighted by Crippen LogP contribution is 2.40. The van der Waals surface area contributed by atoms with Gasteiger partial charge in [0.05, 0.1) is 11.1 Å². The van der Waals surface area contributed by atoms with Crippen LogP contribution in [0.15, 0.2) is 168 Å². The zero-order valence-corrected chi connectivity index (χ0v) is 35.2. The van der Waals surface area contributed by atoms with Crippen molar-refractivity contribution in [2.24, 2.45) is 0 Å². The molecule has 9 rings (SSSR count). The van der Waals surface area contributed by atoms with Gasteiger partial charge in [0.15, 0.2) is 0 Å². The van der Waals surface area contributed by atoms with Crippen LogP contribution in [0.25, 0.3) is 10.8 Å². The molecule has 2 aliphatic rings. The fraction of sp³-hybridized carbons (Fsp3) is 0.192. The molecule has 0 radical (unpaired) electrons. The van der Waals surface area contributed by atoms with Crippen LogP contribution < -0.4 is 20.4 Å². The van der Waals surface area contributed by atoms with Gasteiger partial charge in [-0.2, -0.15) is 0 Å². The highest BCUT2D eigenvalue weighted by atomic mass is 79.9. The largest absolute Gasteiger partial charge is 0.360 e. The number of para-hydroxylation sites is 2. The third-order valence-electron chi connectivity index (χ3n) is 11.2. The van der Waals surface area contributed by atoms with Crippen LogP contribution in [-0.4, -0.2) is 11.8 Å². The molecule has 6 nitrogen and oxygen atoms in total. The summed E-state index contributed by atoms with van der Waals surface area (Å²) in [7, 11) is 0. The maximum Gasteiger partial charge on any atom is 0.262 e. The van der Waals surface area contributed by atoms with Crippen molar-refractivity contribution in [1.29, 1.82) is 0 Å². The molecule has 2 amide bonds. The number of fused-ring (bicyclic) bond motifs is 3. The maximum absolute atomic E-state index is 13.6. The minimum Gasteiger partial charge on any atom is -0.360 e. The molecule has 2 N–H and O–H groups in total. The summed E-state index contributed by atoms with van der Waals surface area (Å²) in [6, 6.07) is 55.0. The van der Waals surface area contributed by atoms with Gasteiger partial charge < -0.3 is 10.6 Å². The molecule has 2 aliphatic heterocycles. The summed E-state index contributed by atoms with van der Waals surface area (Å²) in [6.45, 7) is 4.40. The second-order valence-corrected chi connectivity index (χ2v) is 16.1. The Morgan fingerprint density at radius 1 is 0.508 bits per heavy atom. The van der Waals surface area contributed by atoms with E-state index in [2.05, 4.69) is 125 Å². The van der Waals surface area contributed by atoms with Gasteiger partial charge in [-0.15, -0.1) is 0 Å². The first kappa shape index (κ1) is 39.6. The molecule has 2 unspecified atom stereocenters. The second-order valence-electron chi connectivity index (χ2n) is 15.2. The van der Waals surface area contributed by atoms with Crippen molar-refractivity contribution in [2.75, 3.05) is 20.4 Å². The van der Waals surface area contributed by atoms with E-state index in [1.807, 2.05) is 88.7 Å². The van der Waals surface area contributed by atoms with E-state index in [0.29, 0.717) is 11.1 Å². The molecular formula is C52H49BrN4O2. The fourth-order valence-corrected chi connectivity index (χ4v) is 8.58. The topological polar surface area (TPSA) is 64.7 Å². The summed E-state index contributed by atoms with van der Waals surface area (Å²) >= 11 is 3.66. The van der Waals surface area contributed by atoms with E-state index in [9.17, 15) is 9.59 Å². The molecule has 59 heavy (non-hydrogen) atoms. The van der Waals surface area contributed by atoms with Gasteiger partial charge in [-0.3, -0.25) is 19.4 Å². The number of anilines is 4. The van der Waals surface area contributed by atoms with Crippen molar-refractivity contribution in [3.63, 3.8) is 0 Å². The SMILES string of the molecule is CCCCCc1ccc(N2C(=O)c3ccccc3NC2c2ccccc2Br)cc1.CCCc1ccc(N2C(=O)c3ccccc3NC2c2ccc3ccccc3c2)cc1. The number of rotatable bonds is 10. The van der Waals surface area contributed by atoms with E-state index in [4.69, 9.17) is 0 Å². The van der Waals surface area contributed by atoms with E-state index < -0.39 is 0 Å². The van der Waals surface area contributed by atoms with Crippen LogP contribution in [0.2, 0.25) is 0 Å². The number of unbranched alkanes of at least 4 members (excludes halogenated alkanes) is 2. The highest BCUT2D eigenvalue weighted by molar-refractivity contribution is 9.10. The van der Waals surface area contributed by atoms with Crippen molar-refractivity contribution in [3.8, 4) is 0 Å². The molecule has 7 heteroatoms. The zero-order valence-electron chi connectivity index (χ0n) is 33.6. The molecular weight excluding hydrogens is 793 g/mol. The maximum atomic E-state index is 13.6. The zero-order chi connectivity index (χ0) is 40.7. The van der Waals surface area contributed by atoms with Gasteiger partial charge in [0.25, 0.3) is 11.8 Å². The van der Waals surface area contributed by atoms with Gasteiger partial charge in [0.1, 0.15) is 12.3 Å². The van der Waals surface area contributed by atoms with E-state index in [1.54, 1.807) is 0 Å². The molecule has 0 aliphatic carbocycles. The van der Waals surface area contributed by atoms with Gasteiger partial charge in [-0.05, 0) is 107 Å². The Kier molecular flexibility index (Phi) is 12.2. The van der Waals surface area contributed by atoms with Gasteiger partial charge in [0, 0.05) is 32.8 Å². The molecule has 7 aromatic rings. The van der Waals surface area contributed by atoms with Crippen LogP contribution in [0.1, 0.15) is 94.8 Å². The first-order valence-electron chi connectivity index (χ1n) is 20.7. The minimum absolute atomic E-state index is 0.0128. The predicted octanol–water partition coefficient (Wildman–Crippen LogP) is 13.5. The predicted molar refractivity (Wildman–Crippen MR) is 247 cm³/mol. The van der Waals surface area contributed by atoms with Crippen LogP contribution in [0.3, 0.4) is 0 Å². The van der Waals surface area contributed by atoms with E-state index in [0.717, 1.165) is 57.6 Å². The average Bonchev–Trinajstić information content (AvgIpc) is 3.27. The first-order chi connectivity index (χ1) is 28.9. The lowest BCUT2D eigenvalue weighted by Crippen LogP contribution is -2.43. The van der Waals surface area contributed by atoms with Gasteiger partial charge >= 0.3 is 0 Å². The summed E-state index contributed by atoms with van der Waals surface area (Å²) in [4.78, 5) is 30.8. The molecule has 0 saturated carbocycles. The number of nitrogens with zero attached hydrogens (tertiary/aromatic N) is 2. The van der Waals surface area contributed by atoms with Crippen LogP contribution in [0.5, 0.6) is 0 Å². The normalized spacial score (nSPS) is 15.7. The van der Waals surface area contributed by atoms with E-state index in [1.165, 1.54) is 41.2 Å². The van der Waals surface area contributed by atoms with Crippen molar-refractivity contribution in [2.45, 2.75) is 64.7 Å². The molecule has 7 aromatic carbocycles. The number of carbonyl (C=O) groups is 2. The second kappa shape index (κ2) is 18.2. The average molecular weight is 842 g/mol. The van der Waals surface area contributed by atoms with Gasteiger partial charge in [-0.1, -0.05) is 152 Å². The number of hydrogen-bond donors (Lipinski definition) is 2. The van der Waals surface area contributed by atoms with Crippen molar-refractivity contribution in [1.82, 2.24) is 0 Å². The number of aryl methyl sites for hydroxylation is 2. The van der Waals surface area contributed by atoms with E-state index >= 15 is 0 Å². The lowest BCUT2D eigenvalue weighted by molar-refractivity contribution is 0.0967. The molecule has 296 valence electrons. The lowest BCUT2D eigenvalue weighted by atomic mass is 9.99. The van der Waals surface area contributed by atoms with Crippen molar-refractivity contribution >= 4 is 61.3 Å². The standard InChI is InChI=1S/C27H24N2O.C25H25BrN2O/c1-2-7-19-12-16-23(17-13-19)29-26(28-25-11-6-5-10-24(25)27(29)30)22-15-14-20-8-3-4-9-21(20)18-22;1-2-3-4-9-18-14-16-19(17-15-18)28-24(20-10-5-7-12-22(20)26)27-23-13-8-6-11-21(23)25(28)29/h3-6,8-18,26,28H,2,7H2,1H3;5-8,10-17,24,27H,2-4,9H2,1H3. The monoisotopic (exact) mass is 840 g/mol. The number of amides is 2. The van der Waals surface area contributed by atoms with Crippen molar-refractivity contribution < 1.29 is 9.59 Å². The molecule has 0 aromatic heterocycles. The Labute approximate surface area is 356 Å². The Bertz CT molecular complexity index is 2570. The third-order valence-corrected chi connectivity index (χ3v) is 11.9. The Morgan fingerprint density at radius 3 is 1.64 bits per heavy atom. The fourth-order valence-electron chi connectivity index (χ4n) is 8.08. The smallest absolute Gasteiger partial charge is 0.262 e. The molecule has 0 bridgehead atoms. The van der Waals surface area contributed by atoms with Crippen LogP contribution in [0, 0.1) is 0 Å². The van der Waals surface area contributed by atoms with Crippen LogP contribution >= 0.6 is 15.9 Å². The number of carbonyl (C=O) groups excluding carboxylic acids is 2. The Balaban J connectivity index is 0.000000164. The Hall–Kier alpha value is -6.18. The minimum atomic E-state index is -0.279. The highest BCUT2D eigenvalue weighted by Gasteiger charge is 2.36. The summed E-state index contributed by atoms with van der Waals surface area (Å²) in [6.07, 6.45) is 6.35. The number of hydrogen-bond acceptors (Lipinski definition) is 4. The number of halogens is 1. The summed E-state index contributed by atoms with van der Waals surface area (Å²) < 4.78 is 0.978. The summed E-state index contributed by atoms with van der Waals surface area (Å²) in [5.74, 6) is 0.0320. The third kappa shape index (κ3) is 8.53. The van der Waals surface area contributed by atoms with Crippen LogP contribution in [0.4, 0.5) is 22.7 Å². The molecule has 2 atom stereocenters.